The van der Waals surface area contributed by atoms with Crippen LogP contribution in [0.2, 0.25) is 0 Å². The van der Waals surface area contributed by atoms with Crippen LogP contribution in [0, 0.1) is 0 Å². The molecule has 0 spiro atoms. The summed E-state index contributed by atoms with van der Waals surface area (Å²) in [6.07, 6.45) is 16.4. The van der Waals surface area contributed by atoms with Crippen LogP contribution in [-0.2, 0) is 6.54 Å². The Morgan fingerprint density at radius 2 is 1.35 bits per heavy atom. The molecule has 1 heterocycles. The Morgan fingerprint density at radius 3 is 2.00 bits per heavy atom. The van der Waals surface area contributed by atoms with Crippen molar-refractivity contribution in [2.75, 3.05) is 13.3 Å². The van der Waals surface area contributed by atoms with Gasteiger partial charge in [0.1, 0.15) is 0 Å². The Labute approximate surface area is 189 Å². The average molecular weight is 424 g/mol. The average Bonchev–Trinajstić information content (AvgIpc) is 3.19. The maximum atomic E-state index is 5.43. The third kappa shape index (κ3) is 10.5. The molecule has 0 atom stereocenters. The number of benzene rings is 1. The molecular weight excluding hydrogens is 382 g/mol. The van der Waals surface area contributed by atoms with Crippen LogP contribution in [0.5, 0.6) is 11.5 Å². The number of hydrogen-bond donors (Lipinski definition) is 1. The lowest BCUT2D eigenvalue weighted by molar-refractivity contribution is 0.174. The quantitative estimate of drug-likeness (QED) is 0.261. The molecule has 0 unspecified atom stereocenters. The summed E-state index contributed by atoms with van der Waals surface area (Å²) < 4.78 is 10.8. The molecule has 170 valence electrons. The fourth-order valence-corrected chi connectivity index (χ4v) is 3.50. The van der Waals surface area contributed by atoms with E-state index in [9.17, 15) is 0 Å². The highest BCUT2D eigenvalue weighted by atomic mass is 16.7. The van der Waals surface area contributed by atoms with Crippen molar-refractivity contribution in [2.24, 2.45) is 0 Å². The number of hydrogen-bond acceptors (Lipinski definition) is 3. The third-order valence-electron chi connectivity index (χ3n) is 5.52. The first-order chi connectivity index (χ1) is 14.9. The Morgan fingerprint density at radius 1 is 0.774 bits per heavy atom. The zero-order chi connectivity index (χ0) is 22.5. The molecule has 2 rings (SSSR count). The SMILES string of the molecule is CC(C)=CCCC(C)=CCCC(C)=CCCC(C)=CCNCc1ccc2c(c1)OCO2. The second-order valence-electron chi connectivity index (χ2n) is 8.87. The summed E-state index contributed by atoms with van der Waals surface area (Å²) in [5, 5.41) is 3.48. The van der Waals surface area contributed by atoms with E-state index in [0.29, 0.717) is 6.79 Å². The molecule has 3 nitrogen and oxygen atoms in total. The Hall–Kier alpha value is -2.26. The summed E-state index contributed by atoms with van der Waals surface area (Å²) in [5.41, 5.74) is 7.09. The van der Waals surface area contributed by atoms with Crippen molar-refractivity contribution in [3.63, 3.8) is 0 Å². The molecule has 0 aliphatic carbocycles. The van der Waals surface area contributed by atoms with Gasteiger partial charge >= 0.3 is 0 Å². The molecule has 0 fully saturated rings. The summed E-state index contributed by atoms with van der Waals surface area (Å²) in [6, 6.07) is 6.13. The van der Waals surface area contributed by atoms with Gasteiger partial charge < -0.3 is 14.8 Å². The van der Waals surface area contributed by atoms with Gasteiger partial charge in [0, 0.05) is 13.1 Å². The first kappa shape index (κ1) is 25.0. The summed E-state index contributed by atoms with van der Waals surface area (Å²) in [5.74, 6) is 1.69. The second kappa shape index (κ2) is 13.9. The van der Waals surface area contributed by atoms with E-state index in [0.717, 1.165) is 50.3 Å². The van der Waals surface area contributed by atoms with E-state index in [-0.39, 0.29) is 0 Å². The van der Waals surface area contributed by atoms with Crippen LogP contribution in [0.1, 0.15) is 78.7 Å². The van der Waals surface area contributed by atoms with Gasteiger partial charge in [0.25, 0.3) is 0 Å². The smallest absolute Gasteiger partial charge is 0.231 e. The first-order valence-electron chi connectivity index (χ1n) is 11.6. The van der Waals surface area contributed by atoms with E-state index in [1.807, 2.05) is 6.07 Å². The predicted octanol–water partition coefficient (Wildman–Crippen LogP) is 7.65. The number of fused-ring (bicyclic) bond motifs is 1. The van der Waals surface area contributed by atoms with Gasteiger partial charge in [0.2, 0.25) is 6.79 Å². The van der Waals surface area contributed by atoms with Crippen molar-refractivity contribution in [1.29, 1.82) is 0 Å². The highest BCUT2D eigenvalue weighted by Crippen LogP contribution is 2.32. The predicted molar refractivity (Wildman–Crippen MR) is 133 cm³/mol. The second-order valence-corrected chi connectivity index (χ2v) is 8.87. The van der Waals surface area contributed by atoms with Crippen LogP contribution in [0.15, 0.2) is 64.8 Å². The monoisotopic (exact) mass is 423 g/mol. The molecule has 0 amide bonds. The van der Waals surface area contributed by atoms with Crippen molar-refractivity contribution in [2.45, 2.75) is 79.7 Å². The standard InChI is InChI=1S/C28H41NO2/c1-22(2)9-6-10-23(3)11-7-12-24(4)13-8-14-25(5)17-18-29-20-26-15-16-27-28(19-26)31-21-30-27/h9,11,13,15-17,19,29H,6-8,10,12,14,18,20-21H2,1-5H3. The molecule has 0 saturated carbocycles. The van der Waals surface area contributed by atoms with Gasteiger partial charge in [-0.15, -0.1) is 0 Å². The molecule has 1 aliphatic rings. The summed E-state index contributed by atoms with van der Waals surface area (Å²) >= 11 is 0. The van der Waals surface area contributed by atoms with E-state index in [1.54, 1.807) is 0 Å². The van der Waals surface area contributed by atoms with Crippen LogP contribution in [0.25, 0.3) is 0 Å². The molecule has 1 aromatic rings. The van der Waals surface area contributed by atoms with E-state index in [2.05, 4.69) is 76.4 Å². The maximum Gasteiger partial charge on any atom is 0.231 e. The summed E-state index contributed by atoms with van der Waals surface area (Å²) in [4.78, 5) is 0. The fourth-order valence-electron chi connectivity index (χ4n) is 3.50. The molecule has 31 heavy (non-hydrogen) atoms. The zero-order valence-corrected chi connectivity index (χ0v) is 20.2. The Bertz CT molecular complexity index is 810. The van der Waals surface area contributed by atoms with Gasteiger partial charge in [-0.05, 0) is 90.8 Å². The Balaban J connectivity index is 1.59. The largest absolute Gasteiger partial charge is 0.454 e. The molecule has 1 aromatic carbocycles. The highest BCUT2D eigenvalue weighted by Gasteiger charge is 2.12. The molecule has 1 aliphatic heterocycles. The lowest BCUT2D eigenvalue weighted by Gasteiger charge is -2.05. The van der Waals surface area contributed by atoms with Crippen LogP contribution >= 0.6 is 0 Å². The van der Waals surface area contributed by atoms with Gasteiger partial charge in [0.05, 0.1) is 0 Å². The van der Waals surface area contributed by atoms with Crippen LogP contribution in [0.4, 0.5) is 0 Å². The zero-order valence-electron chi connectivity index (χ0n) is 20.2. The lowest BCUT2D eigenvalue weighted by Crippen LogP contribution is -2.13. The van der Waals surface area contributed by atoms with Gasteiger partial charge in [-0.3, -0.25) is 0 Å². The van der Waals surface area contributed by atoms with Crippen LogP contribution in [0.3, 0.4) is 0 Å². The van der Waals surface area contributed by atoms with Crippen molar-refractivity contribution >= 4 is 0 Å². The maximum absolute atomic E-state index is 5.43. The number of allylic oxidation sites excluding steroid dienone is 7. The first-order valence-corrected chi connectivity index (χ1v) is 11.6. The van der Waals surface area contributed by atoms with E-state index < -0.39 is 0 Å². The highest BCUT2D eigenvalue weighted by molar-refractivity contribution is 5.44. The van der Waals surface area contributed by atoms with Crippen molar-refractivity contribution in [3.05, 3.63) is 70.4 Å². The molecule has 0 aromatic heterocycles. The van der Waals surface area contributed by atoms with Crippen LogP contribution in [-0.4, -0.2) is 13.3 Å². The third-order valence-corrected chi connectivity index (χ3v) is 5.52. The minimum absolute atomic E-state index is 0.328. The molecule has 1 N–H and O–H groups in total. The van der Waals surface area contributed by atoms with Gasteiger partial charge in [-0.25, -0.2) is 0 Å². The Kier molecular flexibility index (Phi) is 11.2. The summed E-state index contributed by atoms with van der Waals surface area (Å²) in [6.45, 7) is 13.1. The molecule has 3 heteroatoms. The summed E-state index contributed by atoms with van der Waals surface area (Å²) in [7, 11) is 0. The minimum atomic E-state index is 0.328. The van der Waals surface area contributed by atoms with Crippen molar-refractivity contribution < 1.29 is 9.47 Å². The van der Waals surface area contributed by atoms with E-state index >= 15 is 0 Å². The van der Waals surface area contributed by atoms with Crippen molar-refractivity contribution in [1.82, 2.24) is 5.32 Å². The number of nitrogens with one attached hydrogen (secondary N) is 1. The number of ether oxygens (including phenoxy) is 2. The van der Waals surface area contributed by atoms with E-state index in [1.165, 1.54) is 40.7 Å². The lowest BCUT2D eigenvalue weighted by atomic mass is 10.0. The van der Waals surface area contributed by atoms with Gasteiger partial charge in [0.15, 0.2) is 11.5 Å². The van der Waals surface area contributed by atoms with Crippen molar-refractivity contribution in [3.8, 4) is 11.5 Å². The molecule has 0 saturated heterocycles. The van der Waals surface area contributed by atoms with Crippen LogP contribution < -0.4 is 14.8 Å². The van der Waals surface area contributed by atoms with Gasteiger partial charge in [-0.1, -0.05) is 52.7 Å². The number of rotatable bonds is 13. The fraction of sp³-hybridized carbons (Fsp3) is 0.500. The minimum Gasteiger partial charge on any atom is -0.454 e. The normalized spacial score (nSPS) is 14.2. The molecule has 0 radical (unpaired) electrons. The van der Waals surface area contributed by atoms with Gasteiger partial charge in [-0.2, -0.15) is 0 Å². The van der Waals surface area contributed by atoms with E-state index in [4.69, 9.17) is 9.47 Å². The molecular formula is C28H41NO2. The topological polar surface area (TPSA) is 30.5 Å². The molecule has 0 bridgehead atoms.